The number of rotatable bonds is 11. The van der Waals surface area contributed by atoms with Gasteiger partial charge in [-0.05, 0) is 24.8 Å². The second kappa shape index (κ2) is 11.4. The summed E-state index contributed by atoms with van der Waals surface area (Å²) < 4.78 is 1.78. The minimum atomic E-state index is -0.831. The predicted molar refractivity (Wildman–Crippen MR) is 119 cm³/mol. The van der Waals surface area contributed by atoms with Gasteiger partial charge in [-0.15, -0.1) is 0 Å². The molecule has 0 aliphatic heterocycles. The fraction of sp³-hybridized carbons (Fsp3) is 0.478. The molecular formula is C23H33N5O3. The quantitative estimate of drug-likeness (QED) is 0.497. The molecule has 1 aromatic carbocycles. The van der Waals surface area contributed by atoms with Crippen LogP contribution in [0, 0.1) is 5.92 Å². The number of hydrogen-bond donors (Lipinski definition) is 3. The van der Waals surface area contributed by atoms with Crippen molar-refractivity contribution in [2.45, 2.75) is 58.2 Å². The van der Waals surface area contributed by atoms with Gasteiger partial charge in [0, 0.05) is 19.7 Å². The lowest BCUT2D eigenvalue weighted by Crippen LogP contribution is -2.57. The van der Waals surface area contributed by atoms with Gasteiger partial charge in [0.15, 0.2) is 5.78 Å². The minimum absolute atomic E-state index is 0.129. The molecule has 0 aliphatic carbocycles. The Bertz CT molecular complexity index is 880. The van der Waals surface area contributed by atoms with Crippen molar-refractivity contribution >= 4 is 17.6 Å². The van der Waals surface area contributed by atoms with Crippen molar-refractivity contribution in [1.82, 2.24) is 20.2 Å². The predicted octanol–water partition coefficient (Wildman–Crippen LogP) is 1.14. The molecule has 1 aromatic heterocycles. The highest BCUT2D eigenvalue weighted by Gasteiger charge is 2.30. The molecule has 2 amide bonds. The number of Topliss-reactive ketones (excluding diaryl/α,β-unsaturated/α-hetero) is 1. The third-order valence-electron chi connectivity index (χ3n) is 5.41. The Morgan fingerprint density at radius 3 is 2.32 bits per heavy atom. The van der Waals surface area contributed by atoms with Crippen molar-refractivity contribution in [2.75, 3.05) is 0 Å². The number of benzene rings is 1. The van der Waals surface area contributed by atoms with Gasteiger partial charge in [0.2, 0.25) is 11.8 Å². The molecule has 4 N–H and O–H groups in total. The van der Waals surface area contributed by atoms with Crippen LogP contribution >= 0.6 is 0 Å². The van der Waals surface area contributed by atoms with E-state index in [0.717, 1.165) is 5.56 Å². The molecule has 0 bridgehead atoms. The summed E-state index contributed by atoms with van der Waals surface area (Å²) in [7, 11) is 1.84. The number of carbonyl (C=O) groups is 3. The zero-order valence-electron chi connectivity index (χ0n) is 18.7. The van der Waals surface area contributed by atoms with Gasteiger partial charge >= 0.3 is 0 Å². The van der Waals surface area contributed by atoms with E-state index in [4.69, 9.17) is 5.73 Å². The third kappa shape index (κ3) is 7.32. The molecule has 2 aromatic rings. The molecule has 0 fully saturated rings. The van der Waals surface area contributed by atoms with Gasteiger partial charge in [-0.1, -0.05) is 50.6 Å². The monoisotopic (exact) mass is 427 g/mol. The first-order chi connectivity index (χ1) is 14.7. The molecule has 8 heteroatoms. The van der Waals surface area contributed by atoms with E-state index in [1.165, 1.54) is 6.92 Å². The number of ketones is 1. The van der Waals surface area contributed by atoms with Crippen molar-refractivity contribution in [2.24, 2.45) is 18.7 Å². The molecule has 168 valence electrons. The topological polar surface area (TPSA) is 119 Å². The highest BCUT2D eigenvalue weighted by Crippen LogP contribution is 2.11. The van der Waals surface area contributed by atoms with Crippen LogP contribution in [0.3, 0.4) is 0 Å². The van der Waals surface area contributed by atoms with E-state index in [2.05, 4.69) is 15.6 Å². The van der Waals surface area contributed by atoms with Crippen LogP contribution < -0.4 is 16.4 Å². The van der Waals surface area contributed by atoms with Gasteiger partial charge in [0.1, 0.15) is 6.04 Å². The van der Waals surface area contributed by atoms with Crippen LogP contribution in [0.4, 0.5) is 0 Å². The Morgan fingerprint density at radius 1 is 1.10 bits per heavy atom. The van der Waals surface area contributed by atoms with Crippen LogP contribution in [0.2, 0.25) is 0 Å². The summed E-state index contributed by atoms with van der Waals surface area (Å²) in [5, 5.41) is 5.60. The Kier molecular flexibility index (Phi) is 8.93. The summed E-state index contributed by atoms with van der Waals surface area (Å²) in [6.45, 7) is 5.28. The molecule has 1 heterocycles. The summed E-state index contributed by atoms with van der Waals surface area (Å²) in [4.78, 5) is 42.1. The number of hydrogen-bond acceptors (Lipinski definition) is 5. The number of amides is 2. The van der Waals surface area contributed by atoms with Crippen LogP contribution in [0.15, 0.2) is 42.9 Å². The first-order valence-electron chi connectivity index (χ1n) is 10.6. The lowest BCUT2D eigenvalue weighted by atomic mass is 9.96. The Hall–Kier alpha value is -3.00. The molecule has 2 rings (SSSR count). The smallest absolute Gasteiger partial charge is 0.243 e. The second-order valence-electron chi connectivity index (χ2n) is 8.07. The fourth-order valence-corrected chi connectivity index (χ4v) is 3.26. The van der Waals surface area contributed by atoms with Gasteiger partial charge < -0.3 is 20.9 Å². The highest BCUT2D eigenvalue weighted by atomic mass is 16.2. The summed E-state index contributed by atoms with van der Waals surface area (Å²) in [6, 6.07) is 7.21. The second-order valence-corrected chi connectivity index (χ2v) is 8.07. The van der Waals surface area contributed by atoms with Crippen molar-refractivity contribution < 1.29 is 14.4 Å². The maximum absolute atomic E-state index is 13.0. The SMILES string of the molecule is CC[C@H](C)[C@H](NC(=O)[C@@H](N)Cc1cn(C)cn1)C(=O)N[C@@H](Cc1ccccc1)C(C)=O. The molecule has 8 nitrogen and oxygen atoms in total. The Labute approximate surface area is 183 Å². The van der Waals surface area contributed by atoms with Crippen molar-refractivity contribution in [1.29, 1.82) is 0 Å². The Balaban J connectivity index is 2.06. The van der Waals surface area contributed by atoms with Crippen molar-refractivity contribution in [3.63, 3.8) is 0 Å². The Morgan fingerprint density at radius 2 is 1.77 bits per heavy atom. The molecule has 0 saturated carbocycles. The molecule has 0 aliphatic rings. The van der Waals surface area contributed by atoms with Gasteiger partial charge in [0.25, 0.3) is 0 Å². The van der Waals surface area contributed by atoms with E-state index in [-0.39, 0.29) is 24.0 Å². The lowest BCUT2D eigenvalue weighted by Gasteiger charge is -2.27. The van der Waals surface area contributed by atoms with Crippen molar-refractivity contribution in [3.8, 4) is 0 Å². The van der Waals surface area contributed by atoms with Crippen LogP contribution in [-0.4, -0.2) is 45.3 Å². The fourth-order valence-electron chi connectivity index (χ4n) is 3.26. The summed E-state index contributed by atoms with van der Waals surface area (Å²) in [6.07, 6.45) is 4.78. The van der Waals surface area contributed by atoms with Gasteiger partial charge in [0.05, 0.1) is 24.1 Å². The zero-order valence-corrected chi connectivity index (χ0v) is 18.7. The van der Waals surface area contributed by atoms with Gasteiger partial charge in [-0.2, -0.15) is 0 Å². The van der Waals surface area contributed by atoms with Crippen LogP contribution in [0.1, 0.15) is 38.4 Å². The summed E-state index contributed by atoms with van der Waals surface area (Å²) in [5.74, 6) is -1.08. The highest BCUT2D eigenvalue weighted by molar-refractivity contribution is 5.93. The maximum Gasteiger partial charge on any atom is 0.243 e. The molecule has 4 atom stereocenters. The van der Waals surface area contributed by atoms with E-state index in [1.54, 1.807) is 17.1 Å². The first-order valence-corrected chi connectivity index (χ1v) is 10.6. The molecule has 31 heavy (non-hydrogen) atoms. The van der Waals surface area contributed by atoms with Crippen LogP contribution in [0.25, 0.3) is 0 Å². The number of nitrogens with zero attached hydrogens (tertiary/aromatic N) is 2. The third-order valence-corrected chi connectivity index (χ3v) is 5.41. The van der Waals surface area contributed by atoms with E-state index < -0.39 is 24.0 Å². The lowest BCUT2D eigenvalue weighted by molar-refractivity contribution is -0.132. The van der Waals surface area contributed by atoms with Crippen molar-refractivity contribution in [3.05, 3.63) is 54.1 Å². The van der Waals surface area contributed by atoms with E-state index >= 15 is 0 Å². The number of aromatic nitrogens is 2. The average Bonchev–Trinajstić information content (AvgIpc) is 3.15. The van der Waals surface area contributed by atoms with E-state index in [1.807, 2.05) is 51.2 Å². The molecule has 0 unspecified atom stereocenters. The van der Waals surface area contributed by atoms with Crippen LogP contribution in [-0.2, 0) is 34.3 Å². The molecule has 0 radical (unpaired) electrons. The number of nitrogens with two attached hydrogens (primary N) is 1. The maximum atomic E-state index is 13.0. The summed E-state index contributed by atoms with van der Waals surface area (Å²) >= 11 is 0. The van der Waals surface area contributed by atoms with Crippen LogP contribution in [0.5, 0.6) is 0 Å². The summed E-state index contributed by atoms with van der Waals surface area (Å²) in [5.41, 5.74) is 7.70. The zero-order chi connectivity index (χ0) is 23.0. The number of imidazole rings is 1. The largest absolute Gasteiger partial charge is 0.344 e. The standard InChI is InChI=1S/C23H33N5O3/c1-5-15(2)21(27-22(30)19(24)12-18-13-28(4)14-25-18)23(31)26-20(16(3)29)11-17-9-7-6-8-10-17/h6-10,13-15,19-21H,5,11-12,24H2,1-4H3,(H,26,31)(H,27,30)/t15-,19-,20-,21-/m0/s1. The molecule has 0 saturated heterocycles. The van der Waals surface area contributed by atoms with E-state index in [0.29, 0.717) is 18.5 Å². The number of aryl methyl sites for hydroxylation is 1. The van der Waals surface area contributed by atoms with E-state index in [9.17, 15) is 14.4 Å². The normalized spacial score (nSPS) is 14.9. The first kappa shape index (κ1) is 24.3. The molecule has 0 spiro atoms. The average molecular weight is 428 g/mol. The molecular weight excluding hydrogens is 394 g/mol. The minimum Gasteiger partial charge on any atom is -0.344 e. The van der Waals surface area contributed by atoms with Gasteiger partial charge in [-0.25, -0.2) is 4.98 Å². The van der Waals surface area contributed by atoms with Gasteiger partial charge in [-0.3, -0.25) is 14.4 Å². The number of carbonyl (C=O) groups excluding carboxylic acids is 3. The number of nitrogens with one attached hydrogen (secondary N) is 2.